The van der Waals surface area contributed by atoms with E-state index in [0.29, 0.717) is 18.9 Å². The third-order valence-corrected chi connectivity index (χ3v) is 4.13. The maximum absolute atomic E-state index is 13.7. The van der Waals surface area contributed by atoms with E-state index in [9.17, 15) is 18.0 Å². The van der Waals surface area contributed by atoms with Crippen LogP contribution in [-0.2, 0) is 16.0 Å². The summed E-state index contributed by atoms with van der Waals surface area (Å²) in [6.07, 6.45) is -0.715. The standard InChI is InChI=1S/C19H18F3NO3/c20-13-4-6-14(7-5-13)26-12-15-11-23(8-9-25-15)19(24)10-16-17(21)2-1-3-18(16)22/h1-7,15H,8-12H2/t15-/m0/s1. The highest BCUT2D eigenvalue weighted by Crippen LogP contribution is 2.16. The van der Waals surface area contributed by atoms with Crippen LogP contribution in [0.5, 0.6) is 5.75 Å². The lowest BCUT2D eigenvalue weighted by Gasteiger charge is -2.33. The van der Waals surface area contributed by atoms with Gasteiger partial charge in [0.2, 0.25) is 5.91 Å². The van der Waals surface area contributed by atoms with Gasteiger partial charge in [-0.1, -0.05) is 6.07 Å². The zero-order chi connectivity index (χ0) is 18.5. The maximum atomic E-state index is 13.7. The Balaban J connectivity index is 1.55. The fourth-order valence-corrected chi connectivity index (χ4v) is 2.73. The van der Waals surface area contributed by atoms with Crippen molar-refractivity contribution < 1.29 is 27.4 Å². The van der Waals surface area contributed by atoms with E-state index >= 15 is 0 Å². The summed E-state index contributed by atoms with van der Waals surface area (Å²) in [4.78, 5) is 13.9. The first-order valence-electron chi connectivity index (χ1n) is 8.23. The van der Waals surface area contributed by atoms with Crippen molar-refractivity contribution in [1.82, 2.24) is 4.90 Å². The van der Waals surface area contributed by atoms with Gasteiger partial charge in [0, 0.05) is 12.1 Å². The number of carbonyl (C=O) groups excluding carboxylic acids is 1. The van der Waals surface area contributed by atoms with Gasteiger partial charge in [0.05, 0.1) is 19.6 Å². The maximum Gasteiger partial charge on any atom is 0.227 e. The topological polar surface area (TPSA) is 38.8 Å². The molecule has 0 radical (unpaired) electrons. The van der Waals surface area contributed by atoms with Gasteiger partial charge in [-0.25, -0.2) is 13.2 Å². The smallest absolute Gasteiger partial charge is 0.227 e. The summed E-state index contributed by atoms with van der Waals surface area (Å²) >= 11 is 0. The zero-order valence-electron chi connectivity index (χ0n) is 14.0. The molecule has 2 aromatic carbocycles. The normalized spacial score (nSPS) is 17.2. The number of amides is 1. The first-order chi connectivity index (χ1) is 12.5. The molecule has 26 heavy (non-hydrogen) atoms. The monoisotopic (exact) mass is 365 g/mol. The van der Waals surface area contributed by atoms with Gasteiger partial charge in [0.15, 0.2) is 0 Å². The molecule has 0 N–H and O–H groups in total. The summed E-state index contributed by atoms with van der Waals surface area (Å²) in [5.41, 5.74) is -0.233. The van der Waals surface area contributed by atoms with Gasteiger partial charge in [0.1, 0.15) is 35.9 Å². The van der Waals surface area contributed by atoms with Gasteiger partial charge in [-0.3, -0.25) is 4.79 Å². The van der Waals surface area contributed by atoms with E-state index in [4.69, 9.17) is 9.47 Å². The molecule has 0 aromatic heterocycles. The molecule has 1 aliphatic rings. The molecule has 3 rings (SSSR count). The van der Waals surface area contributed by atoms with Gasteiger partial charge < -0.3 is 14.4 Å². The molecule has 7 heteroatoms. The molecule has 0 spiro atoms. The van der Waals surface area contributed by atoms with Crippen LogP contribution in [-0.4, -0.2) is 43.2 Å². The van der Waals surface area contributed by atoms with Gasteiger partial charge in [0.25, 0.3) is 0 Å². The van der Waals surface area contributed by atoms with E-state index in [0.717, 1.165) is 12.1 Å². The van der Waals surface area contributed by atoms with Crippen molar-refractivity contribution >= 4 is 5.91 Å². The van der Waals surface area contributed by atoms with Crippen LogP contribution >= 0.6 is 0 Å². The minimum absolute atomic E-state index is 0.184. The fourth-order valence-electron chi connectivity index (χ4n) is 2.73. The summed E-state index contributed by atoms with van der Waals surface area (Å²) < 4.78 is 51.4. The Labute approximate surface area is 149 Å². The molecule has 4 nitrogen and oxygen atoms in total. The molecule has 0 unspecified atom stereocenters. The van der Waals surface area contributed by atoms with E-state index in [-0.39, 0.29) is 43.0 Å². The van der Waals surface area contributed by atoms with Crippen LogP contribution in [0.25, 0.3) is 0 Å². The van der Waals surface area contributed by atoms with Crippen LogP contribution in [0.1, 0.15) is 5.56 Å². The molecule has 1 saturated heterocycles. The lowest BCUT2D eigenvalue weighted by atomic mass is 10.1. The van der Waals surface area contributed by atoms with Gasteiger partial charge in [-0.05, 0) is 36.4 Å². The molecule has 138 valence electrons. The second-order valence-electron chi connectivity index (χ2n) is 5.97. The van der Waals surface area contributed by atoms with Crippen LogP contribution in [0.3, 0.4) is 0 Å². The number of nitrogens with zero attached hydrogens (tertiary/aromatic N) is 1. The summed E-state index contributed by atoms with van der Waals surface area (Å²) in [5.74, 6) is -1.70. The van der Waals surface area contributed by atoms with E-state index in [1.807, 2.05) is 0 Å². The van der Waals surface area contributed by atoms with Crippen molar-refractivity contribution in [2.45, 2.75) is 12.5 Å². The van der Waals surface area contributed by atoms with Crippen LogP contribution in [0.15, 0.2) is 42.5 Å². The molecule has 1 atom stereocenters. The van der Waals surface area contributed by atoms with E-state index in [1.54, 1.807) is 0 Å². The summed E-state index contributed by atoms with van der Waals surface area (Å²) in [5, 5.41) is 0. The highest BCUT2D eigenvalue weighted by atomic mass is 19.1. The molecule has 2 aromatic rings. The number of rotatable bonds is 5. The minimum Gasteiger partial charge on any atom is -0.491 e. The van der Waals surface area contributed by atoms with Crippen molar-refractivity contribution in [3.05, 3.63) is 65.5 Å². The third-order valence-electron chi connectivity index (χ3n) is 4.13. The Morgan fingerprint density at radius 2 is 1.81 bits per heavy atom. The van der Waals surface area contributed by atoms with Crippen molar-refractivity contribution in [3.8, 4) is 5.75 Å². The van der Waals surface area contributed by atoms with E-state index < -0.39 is 11.6 Å². The van der Waals surface area contributed by atoms with Crippen LogP contribution in [0, 0.1) is 17.5 Å². The Morgan fingerprint density at radius 1 is 1.12 bits per heavy atom. The number of ether oxygens (including phenoxy) is 2. The Morgan fingerprint density at radius 3 is 2.50 bits per heavy atom. The molecule has 1 aliphatic heterocycles. The van der Waals surface area contributed by atoms with Crippen molar-refractivity contribution in [2.24, 2.45) is 0 Å². The molecule has 1 amide bonds. The largest absolute Gasteiger partial charge is 0.491 e. The average molecular weight is 365 g/mol. The van der Waals surface area contributed by atoms with Crippen molar-refractivity contribution in [3.63, 3.8) is 0 Å². The number of carbonyl (C=O) groups is 1. The summed E-state index contributed by atoms with van der Waals surface area (Å²) in [6, 6.07) is 9.10. The first-order valence-corrected chi connectivity index (χ1v) is 8.23. The predicted octanol–water partition coefficient (Wildman–Crippen LogP) is 2.95. The second-order valence-corrected chi connectivity index (χ2v) is 5.97. The molecule has 0 saturated carbocycles. The van der Waals surface area contributed by atoms with Gasteiger partial charge in [-0.15, -0.1) is 0 Å². The number of hydrogen-bond acceptors (Lipinski definition) is 3. The molecule has 1 fully saturated rings. The zero-order valence-corrected chi connectivity index (χ0v) is 14.0. The van der Waals surface area contributed by atoms with Gasteiger partial charge >= 0.3 is 0 Å². The van der Waals surface area contributed by atoms with Crippen LogP contribution < -0.4 is 4.74 Å². The van der Waals surface area contributed by atoms with E-state index in [1.165, 1.54) is 35.2 Å². The molecular formula is C19H18F3NO3. The van der Waals surface area contributed by atoms with Crippen molar-refractivity contribution in [1.29, 1.82) is 0 Å². The first kappa shape index (κ1) is 18.3. The lowest BCUT2D eigenvalue weighted by Crippen LogP contribution is -2.48. The second kappa shape index (κ2) is 8.23. The summed E-state index contributed by atoms with van der Waals surface area (Å²) in [6.45, 7) is 1.10. The Kier molecular flexibility index (Phi) is 5.78. The summed E-state index contributed by atoms with van der Waals surface area (Å²) in [7, 11) is 0. The van der Waals surface area contributed by atoms with Crippen LogP contribution in [0.2, 0.25) is 0 Å². The van der Waals surface area contributed by atoms with Gasteiger partial charge in [-0.2, -0.15) is 0 Å². The highest BCUT2D eigenvalue weighted by Gasteiger charge is 2.26. The molecule has 1 heterocycles. The number of benzene rings is 2. The Hall–Kier alpha value is -2.54. The minimum atomic E-state index is -0.734. The predicted molar refractivity (Wildman–Crippen MR) is 88.3 cm³/mol. The van der Waals surface area contributed by atoms with Crippen LogP contribution in [0.4, 0.5) is 13.2 Å². The average Bonchev–Trinajstić information content (AvgIpc) is 2.64. The van der Waals surface area contributed by atoms with Crippen molar-refractivity contribution in [2.75, 3.05) is 26.3 Å². The molecule has 0 bridgehead atoms. The SMILES string of the molecule is O=C(Cc1c(F)cccc1F)N1CCO[C@H](COc2ccc(F)cc2)C1. The Bertz CT molecular complexity index is 747. The fraction of sp³-hybridized carbons (Fsp3) is 0.316. The quantitative estimate of drug-likeness (QED) is 0.818. The number of halogens is 3. The van der Waals surface area contributed by atoms with E-state index in [2.05, 4.69) is 0 Å². The molecular weight excluding hydrogens is 347 g/mol. The highest BCUT2D eigenvalue weighted by molar-refractivity contribution is 5.79. The lowest BCUT2D eigenvalue weighted by molar-refractivity contribution is -0.139. The molecule has 0 aliphatic carbocycles. The number of morpholine rings is 1. The number of hydrogen-bond donors (Lipinski definition) is 0. The third kappa shape index (κ3) is 4.54.